The number of amides is 1. The summed E-state index contributed by atoms with van der Waals surface area (Å²) in [6, 6.07) is 5.89. The number of likely N-dealkylation sites (N-methyl/N-ethyl adjacent to an activating group) is 1. The predicted octanol–water partition coefficient (Wildman–Crippen LogP) is 1.69. The Balaban J connectivity index is 1.63. The molecule has 1 aromatic carbocycles. The van der Waals surface area contributed by atoms with Crippen molar-refractivity contribution < 1.29 is 14.3 Å². The van der Waals surface area contributed by atoms with Gasteiger partial charge in [-0.25, -0.2) is 14.4 Å². The highest BCUT2D eigenvalue weighted by Crippen LogP contribution is 2.21. The molecule has 7 nitrogen and oxygen atoms in total. The highest BCUT2D eigenvalue weighted by Gasteiger charge is 2.22. The van der Waals surface area contributed by atoms with Gasteiger partial charge in [0.1, 0.15) is 23.8 Å². The number of carbonyl (C=O) groups is 1. The molecule has 1 aliphatic rings. The number of benzene rings is 1. The van der Waals surface area contributed by atoms with Gasteiger partial charge in [0.05, 0.1) is 17.7 Å². The topological polar surface area (TPSA) is 81.6 Å². The third-order valence-electron chi connectivity index (χ3n) is 4.24. The molecule has 0 radical (unpaired) electrons. The number of hydrogen-bond donors (Lipinski definition) is 2. The second kappa shape index (κ2) is 7.84. The third kappa shape index (κ3) is 4.20. The lowest BCUT2D eigenvalue weighted by molar-refractivity contribution is -0.129. The van der Waals surface area contributed by atoms with Crippen LogP contribution in [-0.2, 0) is 4.79 Å². The van der Waals surface area contributed by atoms with E-state index in [-0.39, 0.29) is 24.0 Å². The predicted molar refractivity (Wildman–Crippen MR) is 96.7 cm³/mol. The van der Waals surface area contributed by atoms with Gasteiger partial charge in [-0.1, -0.05) is 17.7 Å². The fourth-order valence-electron chi connectivity index (χ4n) is 2.61. The van der Waals surface area contributed by atoms with E-state index < -0.39 is 11.9 Å². The van der Waals surface area contributed by atoms with E-state index in [0.29, 0.717) is 30.3 Å². The average Bonchev–Trinajstić information content (AvgIpc) is 2.64. The number of aliphatic hydroxyl groups excluding tert-OH is 1. The van der Waals surface area contributed by atoms with Crippen LogP contribution in [0.4, 0.5) is 16.0 Å². The first-order chi connectivity index (χ1) is 12.4. The smallest absolute Gasteiger partial charge is 0.241 e. The van der Waals surface area contributed by atoms with Gasteiger partial charge in [0.2, 0.25) is 5.91 Å². The second-order valence-corrected chi connectivity index (χ2v) is 6.48. The fourth-order valence-corrected chi connectivity index (χ4v) is 2.73. The Bertz CT molecular complexity index is 806. The number of halogens is 2. The van der Waals surface area contributed by atoms with Crippen molar-refractivity contribution in [2.45, 2.75) is 6.10 Å². The van der Waals surface area contributed by atoms with Crippen LogP contribution in [-0.4, -0.2) is 59.1 Å². The molecule has 1 aliphatic heterocycles. The van der Waals surface area contributed by atoms with Crippen molar-refractivity contribution in [2.75, 3.05) is 43.4 Å². The summed E-state index contributed by atoms with van der Waals surface area (Å²) in [5.74, 6) is 0.600. The van der Waals surface area contributed by atoms with E-state index in [1.165, 1.54) is 18.5 Å². The Labute approximate surface area is 155 Å². The monoisotopic (exact) mass is 379 g/mol. The van der Waals surface area contributed by atoms with Crippen molar-refractivity contribution in [2.24, 2.45) is 0 Å². The van der Waals surface area contributed by atoms with Crippen molar-refractivity contribution in [3.05, 3.63) is 47.0 Å². The van der Waals surface area contributed by atoms with Crippen LogP contribution < -0.4 is 10.2 Å². The molecule has 2 N–H and O–H groups in total. The maximum atomic E-state index is 13.5. The van der Waals surface area contributed by atoms with Crippen molar-refractivity contribution >= 4 is 29.1 Å². The van der Waals surface area contributed by atoms with Crippen molar-refractivity contribution in [3.8, 4) is 0 Å². The highest BCUT2D eigenvalue weighted by atomic mass is 35.5. The van der Waals surface area contributed by atoms with Crippen LogP contribution in [0.3, 0.4) is 0 Å². The summed E-state index contributed by atoms with van der Waals surface area (Å²) in [4.78, 5) is 23.7. The first-order valence-corrected chi connectivity index (χ1v) is 8.49. The highest BCUT2D eigenvalue weighted by molar-refractivity contribution is 6.30. The summed E-state index contributed by atoms with van der Waals surface area (Å²) in [7, 11) is 1.77. The standard InChI is InChI=1S/C17H19ClFN5O2/c1-23-4-5-24(9-17(23)26)16-7-15(21-10-22-16)20-8-14(25)11-2-3-12(18)13(19)6-11/h2-3,6-7,10,14,25H,4-5,8-9H2,1H3,(H,20,21,22). The van der Waals surface area contributed by atoms with E-state index in [4.69, 9.17) is 11.6 Å². The molecule has 138 valence electrons. The molecule has 1 saturated heterocycles. The minimum Gasteiger partial charge on any atom is -0.387 e. The Morgan fingerprint density at radius 3 is 2.88 bits per heavy atom. The number of nitrogens with zero attached hydrogens (tertiary/aromatic N) is 4. The van der Waals surface area contributed by atoms with Crippen LogP contribution >= 0.6 is 11.6 Å². The van der Waals surface area contributed by atoms with Gasteiger partial charge >= 0.3 is 0 Å². The van der Waals surface area contributed by atoms with Gasteiger partial charge in [-0.05, 0) is 17.7 Å². The molecule has 2 heterocycles. The molecule has 0 bridgehead atoms. The van der Waals surface area contributed by atoms with Crippen LogP contribution in [0.5, 0.6) is 0 Å². The number of piperazine rings is 1. The lowest BCUT2D eigenvalue weighted by atomic mass is 10.1. The molecule has 26 heavy (non-hydrogen) atoms. The van der Waals surface area contributed by atoms with Crippen LogP contribution in [0.25, 0.3) is 0 Å². The van der Waals surface area contributed by atoms with E-state index in [9.17, 15) is 14.3 Å². The quantitative estimate of drug-likeness (QED) is 0.822. The number of rotatable bonds is 5. The van der Waals surface area contributed by atoms with Gasteiger partial charge in [-0.3, -0.25) is 4.79 Å². The van der Waals surface area contributed by atoms with Crippen LogP contribution in [0.2, 0.25) is 5.02 Å². The summed E-state index contributed by atoms with van der Waals surface area (Å²) < 4.78 is 13.5. The Morgan fingerprint density at radius 1 is 1.35 bits per heavy atom. The molecule has 1 atom stereocenters. The molecular formula is C17H19ClFN5O2. The van der Waals surface area contributed by atoms with Gasteiger partial charge < -0.3 is 20.2 Å². The van der Waals surface area contributed by atoms with Crippen molar-refractivity contribution in [1.29, 1.82) is 0 Å². The summed E-state index contributed by atoms with van der Waals surface area (Å²) >= 11 is 5.65. The van der Waals surface area contributed by atoms with E-state index in [0.717, 1.165) is 0 Å². The molecule has 1 unspecified atom stereocenters. The number of anilines is 2. The molecule has 2 aromatic rings. The number of aliphatic hydroxyl groups is 1. The number of aromatic nitrogens is 2. The average molecular weight is 380 g/mol. The second-order valence-electron chi connectivity index (χ2n) is 6.07. The third-order valence-corrected chi connectivity index (χ3v) is 4.55. The van der Waals surface area contributed by atoms with Gasteiger partial charge in [0.25, 0.3) is 0 Å². The lowest BCUT2D eigenvalue weighted by Gasteiger charge is -2.32. The molecule has 1 fully saturated rings. The van der Waals surface area contributed by atoms with Crippen LogP contribution in [0.1, 0.15) is 11.7 Å². The summed E-state index contributed by atoms with van der Waals surface area (Å²) in [6.45, 7) is 1.72. The molecule has 1 amide bonds. The number of nitrogens with one attached hydrogen (secondary N) is 1. The van der Waals surface area contributed by atoms with E-state index >= 15 is 0 Å². The zero-order chi connectivity index (χ0) is 18.7. The Kier molecular flexibility index (Phi) is 5.53. The van der Waals surface area contributed by atoms with Crippen molar-refractivity contribution in [3.63, 3.8) is 0 Å². The van der Waals surface area contributed by atoms with E-state index in [1.54, 1.807) is 24.1 Å². The molecule has 1 aromatic heterocycles. The van der Waals surface area contributed by atoms with Crippen LogP contribution in [0, 0.1) is 5.82 Å². The molecule has 9 heteroatoms. The SMILES string of the molecule is CN1CCN(c2cc(NCC(O)c3ccc(Cl)c(F)c3)ncn2)CC1=O. The van der Waals surface area contributed by atoms with E-state index in [2.05, 4.69) is 15.3 Å². The zero-order valence-corrected chi connectivity index (χ0v) is 14.9. The molecule has 0 spiro atoms. The maximum absolute atomic E-state index is 13.5. The number of hydrogen-bond acceptors (Lipinski definition) is 6. The maximum Gasteiger partial charge on any atom is 0.241 e. The van der Waals surface area contributed by atoms with Crippen LogP contribution in [0.15, 0.2) is 30.6 Å². The minimum absolute atomic E-state index is 0.0103. The van der Waals surface area contributed by atoms with Crippen molar-refractivity contribution in [1.82, 2.24) is 14.9 Å². The summed E-state index contributed by atoms with van der Waals surface area (Å²) in [5.41, 5.74) is 0.415. The number of carbonyl (C=O) groups excluding carboxylic acids is 1. The zero-order valence-electron chi connectivity index (χ0n) is 14.2. The summed E-state index contributed by atoms with van der Waals surface area (Å²) in [6.07, 6.45) is 0.472. The minimum atomic E-state index is -0.926. The largest absolute Gasteiger partial charge is 0.387 e. The molecule has 0 aliphatic carbocycles. The summed E-state index contributed by atoms with van der Waals surface area (Å²) in [5, 5.41) is 13.2. The lowest BCUT2D eigenvalue weighted by Crippen LogP contribution is -2.48. The first kappa shape index (κ1) is 18.3. The Hall–Kier alpha value is -2.45. The normalized spacial score (nSPS) is 15.9. The van der Waals surface area contributed by atoms with Gasteiger partial charge in [-0.2, -0.15) is 0 Å². The van der Waals surface area contributed by atoms with Gasteiger partial charge in [0.15, 0.2) is 0 Å². The molecule has 3 rings (SSSR count). The fraction of sp³-hybridized carbons (Fsp3) is 0.353. The van der Waals surface area contributed by atoms with E-state index in [1.807, 2.05) is 4.90 Å². The molecular weight excluding hydrogens is 361 g/mol. The Morgan fingerprint density at radius 2 is 2.15 bits per heavy atom. The first-order valence-electron chi connectivity index (χ1n) is 8.12. The van der Waals surface area contributed by atoms with Gasteiger partial charge in [0, 0.05) is 32.7 Å². The molecule has 0 saturated carbocycles. The van der Waals surface area contributed by atoms with Gasteiger partial charge in [-0.15, -0.1) is 0 Å².